The number of aromatic nitrogens is 2. The first kappa shape index (κ1) is 18.4. The molecule has 25 heavy (non-hydrogen) atoms. The van der Waals surface area contributed by atoms with Crippen LogP contribution in [0, 0.1) is 12.3 Å². The number of carboxylic acid groups (broad SMARTS) is 1. The van der Waals surface area contributed by atoms with E-state index in [1.807, 2.05) is 30.3 Å². The molecule has 2 rings (SSSR count). The molecule has 7 heteroatoms. The molecule has 2 aromatic rings. The third kappa shape index (κ3) is 4.32. The topological polar surface area (TPSA) is 101 Å². The number of aliphatic carboxylic acids is 1. The minimum atomic E-state index is -0.960. The molecular formula is C18H21N3O4. The van der Waals surface area contributed by atoms with Gasteiger partial charge in [0.2, 0.25) is 5.43 Å². The summed E-state index contributed by atoms with van der Waals surface area (Å²) in [5.74, 6) is -1.56. The maximum absolute atomic E-state index is 12.3. The van der Waals surface area contributed by atoms with Crippen molar-refractivity contribution in [1.82, 2.24) is 15.1 Å². The lowest BCUT2D eigenvalue weighted by molar-refractivity contribution is -0.147. The molecule has 0 aliphatic rings. The summed E-state index contributed by atoms with van der Waals surface area (Å²) in [5, 5.41) is 15.8. The average molecular weight is 343 g/mol. The number of carboxylic acids is 1. The van der Waals surface area contributed by atoms with Gasteiger partial charge in [-0.2, -0.15) is 5.10 Å². The minimum Gasteiger partial charge on any atom is -0.481 e. The molecule has 0 radical (unpaired) electrons. The zero-order chi connectivity index (χ0) is 18.6. The molecule has 0 saturated carbocycles. The van der Waals surface area contributed by atoms with Crippen LogP contribution in [0.4, 0.5) is 0 Å². The van der Waals surface area contributed by atoms with E-state index in [9.17, 15) is 14.4 Å². The number of para-hydroxylation sites is 1. The second kappa shape index (κ2) is 7.29. The van der Waals surface area contributed by atoms with Crippen LogP contribution in [-0.2, 0) is 4.79 Å². The monoisotopic (exact) mass is 343 g/mol. The van der Waals surface area contributed by atoms with E-state index < -0.39 is 22.7 Å². The zero-order valence-corrected chi connectivity index (χ0v) is 14.4. The maximum atomic E-state index is 12.3. The van der Waals surface area contributed by atoms with Gasteiger partial charge >= 0.3 is 5.97 Å². The lowest BCUT2D eigenvalue weighted by atomic mass is 9.90. The third-order valence-corrected chi connectivity index (χ3v) is 3.94. The van der Waals surface area contributed by atoms with Crippen LogP contribution in [0.5, 0.6) is 0 Å². The highest BCUT2D eigenvalue weighted by molar-refractivity contribution is 5.92. The van der Waals surface area contributed by atoms with Gasteiger partial charge in [-0.15, -0.1) is 0 Å². The molecule has 0 bridgehead atoms. The van der Waals surface area contributed by atoms with Gasteiger partial charge in [0.05, 0.1) is 11.1 Å². The molecule has 7 nitrogen and oxygen atoms in total. The standard InChI is InChI=1S/C18H21N3O4/c1-12-11-14(22)15(20-21(12)13-7-5-4-6-8-13)16(23)19-10-9-18(2,3)17(24)25/h4-8,11H,9-10H2,1-3H3,(H,19,23)(H,24,25). The number of benzene rings is 1. The fraction of sp³-hybridized carbons (Fsp3) is 0.333. The molecule has 0 saturated heterocycles. The van der Waals surface area contributed by atoms with E-state index in [0.717, 1.165) is 5.69 Å². The summed E-state index contributed by atoms with van der Waals surface area (Å²) in [5.41, 5.74) is -0.304. The second-order valence-corrected chi connectivity index (χ2v) is 6.44. The van der Waals surface area contributed by atoms with E-state index in [-0.39, 0.29) is 18.7 Å². The van der Waals surface area contributed by atoms with Crippen LogP contribution in [0.1, 0.15) is 36.5 Å². The molecular weight excluding hydrogens is 322 g/mol. The fourth-order valence-corrected chi connectivity index (χ4v) is 2.21. The Labute approximate surface area is 145 Å². The Morgan fingerprint density at radius 3 is 2.48 bits per heavy atom. The van der Waals surface area contributed by atoms with Gasteiger partial charge in [-0.3, -0.25) is 14.4 Å². The van der Waals surface area contributed by atoms with Gasteiger partial charge in [0, 0.05) is 18.3 Å². The van der Waals surface area contributed by atoms with Crippen molar-refractivity contribution in [3.63, 3.8) is 0 Å². The quantitative estimate of drug-likeness (QED) is 0.832. The normalized spacial score (nSPS) is 11.2. The number of carbonyl (C=O) groups excluding carboxylic acids is 1. The van der Waals surface area contributed by atoms with Gasteiger partial charge in [-0.25, -0.2) is 4.68 Å². The first-order valence-corrected chi connectivity index (χ1v) is 7.90. The van der Waals surface area contributed by atoms with E-state index >= 15 is 0 Å². The lowest BCUT2D eigenvalue weighted by Gasteiger charge is -2.18. The number of carbonyl (C=O) groups is 2. The number of rotatable bonds is 6. The first-order valence-electron chi connectivity index (χ1n) is 7.90. The molecule has 0 atom stereocenters. The van der Waals surface area contributed by atoms with Crippen LogP contribution in [0.2, 0.25) is 0 Å². The van der Waals surface area contributed by atoms with E-state index in [0.29, 0.717) is 5.69 Å². The first-order chi connectivity index (χ1) is 11.7. The molecule has 0 aliphatic carbocycles. The van der Waals surface area contributed by atoms with E-state index in [1.165, 1.54) is 10.7 Å². The van der Waals surface area contributed by atoms with Gasteiger partial charge in [0.15, 0.2) is 5.69 Å². The van der Waals surface area contributed by atoms with Crippen LogP contribution in [0.15, 0.2) is 41.2 Å². The summed E-state index contributed by atoms with van der Waals surface area (Å²) in [4.78, 5) is 35.5. The van der Waals surface area contributed by atoms with Crippen LogP contribution >= 0.6 is 0 Å². The second-order valence-electron chi connectivity index (χ2n) is 6.44. The van der Waals surface area contributed by atoms with E-state index in [4.69, 9.17) is 5.11 Å². The Balaban J connectivity index is 2.20. The Morgan fingerprint density at radius 2 is 1.88 bits per heavy atom. The fourth-order valence-electron chi connectivity index (χ4n) is 2.21. The van der Waals surface area contributed by atoms with Crippen molar-refractivity contribution in [3.8, 4) is 5.69 Å². The predicted molar refractivity (Wildman–Crippen MR) is 92.9 cm³/mol. The van der Waals surface area contributed by atoms with Gasteiger partial charge in [0.25, 0.3) is 5.91 Å². The number of nitrogens with one attached hydrogen (secondary N) is 1. The summed E-state index contributed by atoms with van der Waals surface area (Å²) in [6, 6.07) is 10.5. The van der Waals surface area contributed by atoms with Crippen LogP contribution in [0.25, 0.3) is 5.69 Å². The number of aryl methyl sites for hydroxylation is 1. The SMILES string of the molecule is Cc1cc(=O)c(C(=O)NCCC(C)(C)C(=O)O)nn1-c1ccccc1. The lowest BCUT2D eigenvalue weighted by Crippen LogP contribution is -2.35. The molecule has 0 spiro atoms. The molecule has 1 aromatic heterocycles. The molecule has 1 aromatic carbocycles. The van der Waals surface area contributed by atoms with Crippen LogP contribution < -0.4 is 10.7 Å². The summed E-state index contributed by atoms with van der Waals surface area (Å²) in [7, 11) is 0. The van der Waals surface area contributed by atoms with Gasteiger partial charge < -0.3 is 10.4 Å². The molecule has 1 amide bonds. The largest absolute Gasteiger partial charge is 0.481 e. The van der Waals surface area contributed by atoms with E-state index in [1.54, 1.807) is 20.8 Å². The van der Waals surface area contributed by atoms with Crippen molar-refractivity contribution in [3.05, 3.63) is 58.0 Å². The zero-order valence-electron chi connectivity index (χ0n) is 14.4. The van der Waals surface area contributed by atoms with Crippen LogP contribution in [0.3, 0.4) is 0 Å². The molecule has 2 N–H and O–H groups in total. The highest BCUT2D eigenvalue weighted by Crippen LogP contribution is 2.19. The highest BCUT2D eigenvalue weighted by Gasteiger charge is 2.27. The average Bonchev–Trinajstić information content (AvgIpc) is 2.55. The smallest absolute Gasteiger partial charge is 0.309 e. The van der Waals surface area contributed by atoms with Crippen molar-refractivity contribution >= 4 is 11.9 Å². The molecule has 1 heterocycles. The summed E-state index contributed by atoms with van der Waals surface area (Å²) < 4.78 is 1.53. The predicted octanol–water partition coefficient (Wildman–Crippen LogP) is 1.77. The highest BCUT2D eigenvalue weighted by atomic mass is 16.4. The minimum absolute atomic E-state index is 0.137. The Bertz CT molecular complexity index is 841. The Kier molecular flexibility index (Phi) is 5.36. The molecule has 0 aliphatic heterocycles. The number of hydrogen-bond donors (Lipinski definition) is 2. The molecule has 132 valence electrons. The third-order valence-electron chi connectivity index (χ3n) is 3.94. The van der Waals surface area contributed by atoms with Gasteiger partial charge in [0.1, 0.15) is 0 Å². The van der Waals surface area contributed by atoms with E-state index in [2.05, 4.69) is 10.4 Å². The summed E-state index contributed by atoms with van der Waals surface area (Å²) in [6.45, 7) is 5.03. The number of hydrogen-bond acceptors (Lipinski definition) is 4. The van der Waals surface area contributed by atoms with Crippen LogP contribution in [-0.4, -0.2) is 33.3 Å². The van der Waals surface area contributed by atoms with Crippen molar-refractivity contribution in [2.24, 2.45) is 5.41 Å². The molecule has 0 unspecified atom stereocenters. The Hall–Kier alpha value is -2.96. The summed E-state index contributed by atoms with van der Waals surface area (Å²) in [6.07, 6.45) is 0.243. The van der Waals surface area contributed by atoms with Crippen molar-refractivity contribution < 1.29 is 14.7 Å². The number of nitrogens with zero attached hydrogens (tertiary/aromatic N) is 2. The Morgan fingerprint density at radius 1 is 1.24 bits per heavy atom. The van der Waals surface area contributed by atoms with Gasteiger partial charge in [-0.1, -0.05) is 18.2 Å². The maximum Gasteiger partial charge on any atom is 0.309 e. The number of amides is 1. The summed E-state index contributed by atoms with van der Waals surface area (Å²) >= 11 is 0. The van der Waals surface area contributed by atoms with Crippen molar-refractivity contribution in [2.45, 2.75) is 27.2 Å². The molecule has 0 fully saturated rings. The van der Waals surface area contributed by atoms with Crippen molar-refractivity contribution in [1.29, 1.82) is 0 Å². The van der Waals surface area contributed by atoms with Gasteiger partial charge in [-0.05, 0) is 39.3 Å². The van der Waals surface area contributed by atoms with Crippen molar-refractivity contribution in [2.75, 3.05) is 6.54 Å².